The fourth-order valence-electron chi connectivity index (χ4n) is 8.15. The molecule has 0 saturated heterocycles. The van der Waals surface area contributed by atoms with Crippen LogP contribution < -0.4 is 0 Å². The zero-order valence-electron chi connectivity index (χ0n) is 18.0. The molecular formula is C24H34O4. The van der Waals surface area contributed by atoms with Gasteiger partial charge in [-0.15, -0.1) is 0 Å². The van der Waals surface area contributed by atoms with Crippen molar-refractivity contribution in [2.24, 2.45) is 34.5 Å². The van der Waals surface area contributed by atoms with Crippen molar-refractivity contribution in [3.05, 3.63) is 11.6 Å². The Labute approximate surface area is 168 Å². The molecule has 0 unspecified atom stereocenters. The molecule has 0 heterocycles. The molecule has 0 aliphatic heterocycles. The molecule has 0 aromatic rings. The van der Waals surface area contributed by atoms with Gasteiger partial charge in [0.15, 0.2) is 17.2 Å². The van der Waals surface area contributed by atoms with Crippen LogP contribution in [0.25, 0.3) is 0 Å². The molecular weight excluding hydrogens is 352 g/mol. The van der Waals surface area contributed by atoms with E-state index in [-0.39, 0.29) is 34.3 Å². The van der Waals surface area contributed by atoms with Gasteiger partial charge in [0.05, 0.1) is 0 Å². The zero-order valence-corrected chi connectivity index (χ0v) is 18.0. The Morgan fingerprint density at radius 3 is 2.43 bits per heavy atom. The smallest absolute Gasteiger partial charge is 0.303 e. The first kappa shape index (κ1) is 19.8. The molecule has 0 N–H and O–H groups in total. The lowest BCUT2D eigenvalue weighted by molar-refractivity contribution is -0.192. The largest absolute Gasteiger partial charge is 0.450 e. The molecule has 0 aromatic carbocycles. The van der Waals surface area contributed by atoms with Gasteiger partial charge >= 0.3 is 5.97 Å². The topological polar surface area (TPSA) is 60.4 Å². The summed E-state index contributed by atoms with van der Waals surface area (Å²) in [7, 11) is 0. The molecule has 0 radical (unpaired) electrons. The molecule has 7 atom stereocenters. The third-order valence-electron chi connectivity index (χ3n) is 9.33. The van der Waals surface area contributed by atoms with E-state index < -0.39 is 5.60 Å². The maximum Gasteiger partial charge on any atom is 0.303 e. The molecule has 4 heteroatoms. The second-order valence-electron chi connectivity index (χ2n) is 10.4. The first-order chi connectivity index (χ1) is 13.1. The molecule has 3 saturated carbocycles. The Bertz CT molecular complexity index is 767. The molecule has 0 bridgehead atoms. The Morgan fingerprint density at radius 1 is 1.07 bits per heavy atom. The SMILES string of the molecule is CC(=O)O[C@]1(C(C)=O)[C@H](C)C[C@H]2[C@@H]3CCC4=CC(=O)CC[C@]4(C)[C@H]3CC[C@@]21C. The Balaban J connectivity index is 1.74. The highest BCUT2D eigenvalue weighted by Crippen LogP contribution is 2.69. The monoisotopic (exact) mass is 386 g/mol. The standard InChI is InChI=1S/C24H34O4/c1-14-12-21-19-7-6-17-13-18(27)8-10-22(17,4)20(19)9-11-23(21,5)24(14,15(2)25)28-16(3)26/h13-14,19-21H,6-12H2,1-5H3/t14-,19-,20+,21+,22+,23+,24+/m1/s1. The van der Waals surface area contributed by atoms with E-state index in [2.05, 4.69) is 20.8 Å². The van der Waals surface area contributed by atoms with Crippen LogP contribution in [0.1, 0.15) is 79.6 Å². The highest BCUT2D eigenvalue weighted by atomic mass is 16.6. The molecule has 0 amide bonds. The summed E-state index contributed by atoms with van der Waals surface area (Å²) in [5, 5.41) is 0. The van der Waals surface area contributed by atoms with Gasteiger partial charge in [-0.2, -0.15) is 0 Å². The third kappa shape index (κ3) is 2.39. The molecule has 4 aliphatic rings. The minimum atomic E-state index is -0.992. The summed E-state index contributed by atoms with van der Waals surface area (Å²) < 4.78 is 5.93. The van der Waals surface area contributed by atoms with Crippen molar-refractivity contribution in [1.82, 2.24) is 0 Å². The number of ether oxygens (including phenoxy) is 1. The molecule has 28 heavy (non-hydrogen) atoms. The summed E-state index contributed by atoms with van der Waals surface area (Å²) in [5.74, 6) is 1.47. The summed E-state index contributed by atoms with van der Waals surface area (Å²) >= 11 is 0. The van der Waals surface area contributed by atoms with Crippen LogP contribution in [0, 0.1) is 34.5 Å². The van der Waals surface area contributed by atoms with Crippen molar-refractivity contribution in [3.63, 3.8) is 0 Å². The number of Topliss-reactive ketones (excluding diaryl/α,β-unsaturated/α-hetero) is 1. The number of ketones is 2. The molecule has 4 aliphatic carbocycles. The Hall–Kier alpha value is -1.45. The molecule has 3 fully saturated rings. The fraction of sp³-hybridized carbons (Fsp3) is 0.792. The summed E-state index contributed by atoms with van der Waals surface area (Å²) in [4.78, 5) is 36.9. The number of allylic oxidation sites excluding steroid dienone is 1. The van der Waals surface area contributed by atoms with Crippen molar-refractivity contribution in [2.75, 3.05) is 0 Å². The van der Waals surface area contributed by atoms with E-state index in [1.807, 2.05) is 6.08 Å². The van der Waals surface area contributed by atoms with Crippen LogP contribution >= 0.6 is 0 Å². The van der Waals surface area contributed by atoms with Crippen LogP contribution in [-0.2, 0) is 19.1 Å². The van der Waals surface area contributed by atoms with Crippen LogP contribution in [0.2, 0.25) is 0 Å². The Kier molecular flexibility index (Phi) is 4.45. The molecule has 4 rings (SSSR count). The Morgan fingerprint density at radius 2 is 1.79 bits per heavy atom. The molecule has 0 aromatic heterocycles. The van der Waals surface area contributed by atoms with Crippen molar-refractivity contribution in [1.29, 1.82) is 0 Å². The quantitative estimate of drug-likeness (QED) is 0.648. The molecule has 4 nitrogen and oxygen atoms in total. The number of hydrogen-bond donors (Lipinski definition) is 0. The van der Waals surface area contributed by atoms with Gasteiger partial charge in [-0.1, -0.05) is 26.3 Å². The second kappa shape index (κ2) is 6.27. The highest BCUT2D eigenvalue weighted by Gasteiger charge is 2.70. The van der Waals surface area contributed by atoms with E-state index in [0.29, 0.717) is 24.2 Å². The third-order valence-corrected chi connectivity index (χ3v) is 9.33. The normalized spacial score (nSPS) is 47.5. The number of hydrogen-bond acceptors (Lipinski definition) is 4. The van der Waals surface area contributed by atoms with Gasteiger partial charge in [0.25, 0.3) is 0 Å². The lowest BCUT2D eigenvalue weighted by atomic mass is 9.46. The number of esters is 1. The van der Waals surface area contributed by atoms with Gasteiger partial charge in [0.2, 0.25) is 0 Å². The van der Waals surface area contributed by atoms with Crippen LogP contribution in [0.3, 0.4) is 0 Å². The zero-order chi connectivity index (χ0) is 20.5. The maximum atomic E-state index is 12.9. The average molecular weight is 387 g/mol. The maximum absolute atomic E-state index is 12.9. The van der Waals surface area contributed by atoms with E-state index in [1.54, 1.807) is 6.92 Å². The number of carbonyl (C=O) groups excluding carboxylic acids is 3. The predicted octanol–water partition coefficient (Wildman–Crippen LogP) is 4.66. The van der Waals surface area contributed by atoms with E-state index in [0.717, 1.165) is 38.5 Å². The van der Waals surface area contributed by atoms with Crippen LogP contribution in [0.15, 0.2) is 11.6 Å². The van der Waals surface area contributed by atoms with Gasteiger partial charge < -0.3 is 4.74 Å². The predicted molar refractivity (Wildman–Crippen MR) is 106 cm³/mol. The van der Waals surface area contributed by atoms with Crippen molar-refractivity contribution < 1.29 is 19.1 Å². The first-order valence-electron chi connectivity index (χ1n) is 11.0. The van der Waals surface area contributed by atoms with Gasteiger partial charge in [0, 0.05) is 24.7 Å². The van der Waals surface area contributed by atoms with Crippen LogP contribution in [0.4, 0.5) is 0 Å². The number of rotatable bonds is 2. The van der Waals surface area contributed by atoms with Gasteiger partial charge in [-0.05, 0) is 74.7 Å². The van der Waals surface area contributed by atoms with Crippen LogP contribution in [0.5, 0.6) is 0 Å². The van der Waals surface area contributed by atoms with Crippen molar-refractivity contribution in [2.45, 2.75) is 85.2 Å². The van der Waals surface area contributed by atoms with Crippen LogP contribution in [-0.4, -0.2) is 23.1 Å². The van der Waals surface area contributed by atoms with Crippen molar-refractivity contribution >= 4 is 17.5 Å². The van der Waals surface area contributed by atoms with E-state index in [4.69, 9.17) is 4.74 Å². The minimum absolute atomic E-state index is 0.00418. The number of carbonyl (C=O) groups is 3. The molecule has 154 valence electrons. The van der Waals surface area contributed by atoms with E-state index in [1.165, 1.54) is 12.5 Å². The minimum Gasteiger partial charge on any atom is -0.450 e. The number of fused-ring (bicyclic) bond motifs is 5. The summed E-state index contributed by atoms with van der Waals surface area (Å²) in [6, 6.07) is 0. The van der Waals surface area contributed by atoms with E-state index >= 15 is 0 Å². The summed E-state index contributed by atoms with van der Waals surface area (Å²) in [5.41, 5.74) is 0.184. The first-order valence-corrected chi connectivity index (χ1v) is 11.0. The summed E-state index contributed by atoms with van der Waals surface area (Å²) in [6.07, 6.45) is 8.52. The van der Waals surface area contributed by atoms with E-state index in [9.17, 15) is 14.4 Å². The van der Waals surface area contributed by atoms with Crippen molar-refractivity contribution in [3.8, 4) is 0 Å². The lowest BCUT2D eigenvalue weighted by Gasteiger charge is -2.59. The second-order valence-corrected chi connectivity index (χ2v) is 10.4. The highest BCUT2D eigenvalue weighted by molar-refractivity contribution is 5.92. The fourth-order valence-corrected chi connectivity index (χ4v) is 8.15. The van der Waals surface area contributed by atoms with Gasteiger partial charge in [-0.25, -0.2) is 0 Å². The van der Waals surface area contributed by atoms with Gasteiger partial charge in [-0.3, -0.25) is 14.4 Å². The lowest BCUT2D eigenvalue weighted by Crippen LogP contribution is -2.60. The average Bonchev–Trinajstić information content (AvgIpc) is 2.83. The molecule has 0 spiro atoms. The van der Waals surface area contributed by atoms with Gasteiger partial charge in [0.1, 0.15) is 0 Å². The summed E-state index contributed by atoms with van der Waals surface area (Å²) in [6.45, 7) is 9.71.